The molecule has 0 aromatic heterocycles. The van der Waals surface area contributed by atoms with Gasteiger partial charge in [0.05, 0.1) is 6.61 Å². The molecular weight excluding hydrogens is 284 g/mol. The molecule has 0 N–H and O–H groups in total. The molecule has 1 aromatic rings. The summed E-state index contributed by atoms with van der Waals surface area (Å²) in [5, 5.41) is 0. The summed E-state index contributed by atoms with van der Waals surface area (Å²) in [4.78, 5) is 14.2. The van der Waals surface area contributed by atoms with E-state index in [0.717, 1.165) is 5.56 Å². The minimum absolute atomic E-state index is 0.306. The number of rotatable bonds is 5. The van der Waals surface area contributed by atoms with Crippen molar-refractivity contribution in [1.82, 2.24) is 0 Å². The maximum absolute atomic E-state index is 11.5. The van der Waals surface area contributed by atoms with Gasteiger partial charge in [-0.1, -0.05) is 36.4 Å². The SMILES string of the molecule is CC1(C)OC[C@H]([C@@H](/C=C\c2ccccc2)OC(=O)C=[N+]=[N-])O1. The van der Waals surface area contributed by atoms with E-state index in [1.54, 1.807) is 19.9 Å². The first-order valence-electron chi connectivity index (χ1n) is 6.93. The largest absolute Gasteiger partial charge is 0.447 e. The fourth-order valence-electron chi connectivity index (χ4n) is 2.10. The molecule has 116 valence electrons. The van der Waals surface area contributed by atoms with E-state index in [1.807, 2.05) is 36.4 Å². The first-order chi connectivity index (χ1) is 10.5. The summed E-state index contributed by atoms with van der Waals surface area (Å²) >= 11 is 0. The van der Waals surface area contributed by atoms with Crippen molar-refractivity contribution in [2.24, 2.45) is 0 Å². The Morgan fingerprint density at radius 2 is 2.18 bits per heavy atom. The van der Waals surface area contributed by atoms with Crippen LogP contribution >= 0.6 is 0 Å². The van der Waals surface area contributed by atoms with Gasteiger partial charge in [0.15, 0.2) is 5.79 Å². The lowest BCUT2D eigenvalue weighted by Gasteiger charge is -2.21. The molecule has 1 aliphatic heterocycles. The minimum Gasteiger partial charge on any atom is -0.447 e. The summed E-state index contributed by atoms with van der Waals surface area (Å²) in [5.74, 6) is -1.47. The maximum Gasteiger partial charge on any atom is 0.414 e. The Labute approximate surface area is 128 Å². The van der Waals surface area contributed by atoms with E-state index in [4.69, 9.17) is 19.7 Å². The Kier molecular flexibility index (Phi) is 5.22. The molecule has 0 saturated carbocycles. The smallest absolute Gasteiger partial charge is 0.414 e. The third-order valence-electron chi connectivity index (χ3n) is 3.09. The Hall–Kier alpha value is -2.27. The van der Waals surface area contributed by atoms with Gasteiger partial charge >= 0.3 is 12.2 Å². The average molecular weight is 302 g/mol. The third-order valence-corrected chi connectivity index (χ3v) is 3.09. The van der Waals surface area contributed by atoms with Crippen LogP contribution in [0.2, 0.25) is 0 Å². The molecule has 0 amide bonds. The van der Waals surface area contributed by atoms with Gasteiger partial charge in [0, 0.05) is 0 Å². The number of benzene rings is 1. The van der Waals surface area contributed by atoms with Crippen LogP contribution in [0.4, 0.5) is 0 Å². The Morgan fingerprint density at radius 1 is 1.45 bits per heavy atom. The standard InChI is InChI=1S/C16H18N2O4/c1-16(2)20-11-14(22-16)13(21-15(19)10-18-17)9-8-12-6-4-3-5-7-12/h3-10,13-14H,11H2,1-2H3/b9-8-/t13-,14-/m1/s1. The molecule has 6 nitrogen and oxygen atoms in total. The fraction of sp³-hybridized carbons (Fsp3) is 0.375. The van der Waals surface area contributed by atoms with E-state index in [2.05, 4.69) is 4.79 Å². The highest BCUT2D eigenvalue weighted by molar-refractivity contribution is 6.20. The number of carbonyl (C=O) groups excluding carboxylic acids is 1. The minimum atomic E-state index is -0.751. The van der Waals surface area contributed by atoms with Crippen molar-refractivity contribution in [3.63, 3.8) is 0 Å². The molecule has 1 heterocycles. The van der Waals surface area contributed by atoms with Crippen LogP contribution < -0.4 is 0 Å². The molecule has 0 aliphatic carbocycles. The second kappa shape index (κ2) is 7.13. The zero-order chi connectivity index (χ0) is 16.0. The summed E-state index contributed by atoms with van der Waals surface area (Å²) in [6, 6.07) is 9.61. The van der Waals surface area contributed by atoms with Gasteiger partial charge in [-0.05, 0) is 25.5 Å². The molecule has 22 heavy (non-hydrogen) atoms. The van der Waals surface area contributed by atoms with E-state index in [9.17, 15) is 4.79 Å². The van der Waals surface area contributed by atoms with E-state index >= 15 is 0 Å². The lowest BCUT2D eigenvalue weighted by Crippen LogP contribution is -2.33. The molecule has 1 aliphatic rings. The third kappa shape index (κ3) is 4.63. The first kappa shape index (κ1) is 16.1. The van der Waals surface area contributed by atoms with E-state index in [0.29, 0.717) is 12.8 Å². The van der Waals surface area contributed by atoms with Crippen LogP contribution in [0, 0.1) is 0 Å². The molecule has 0 radical (unpaired) electrons. The van der Waals surface area contributed by atoms with Crippen molar-refractivity contribution in [3.8, 4) is 0 Å². The predicted octanol–water partition coefficient (Wildman–Crippen LogP) is 2.06. The highest BCUT2D eigenvalue weighted by Gasteiger charge is 2.38. The lowest BCUT2D eigenvalue weighted by molar-refractivity contribution is -0.162. The second-order valence-electron chi connectivity index (χ2n) is 5.28. The summed E-state index contributed by atoms with van der Waals surface area (Å²) < 4.78 is 16.5. The molecule has 0 bridgehead atoms. The molecule has 2 rings (SSSR count). The van der Waals surface area contributed by atoms with Gasteiger partial charge in [0.2, 0.25) is 0 Å². The lowest BCUT2D eigenvalue weighted by atomic mass is 10.1. The molecular formula is C16H18N2O4. The van der Waals surface area contributed by atoms with Gasteiger partial charge in [0.25, 0.3) is 0 Å². The Bertz CT molecular complexity index is 591. The van der Waals surface area contributed by atoms with Crippen LogP contribution in [0.25, 0.3) is 11.6 Å². The fourth-order valence-corrected chi connectivity index (χ4v) is 2.10. The van der Waals surface area contributed by atoms with E-state index < -0.39 is 24.0 Å². The van der Waals surface area contributed by atoms with Crippen LogP contribution in [-0.2, 0) is 19.0 Å². The average Bonchev–Trinajstić information content (AvgIpc) is 2.85. The summed E-state index contributed by atoms with van der Waals surface area (Å²) in [6.07, 6.45) is 3.19. The van der Waals surface area contributed by atoms with Crippen LogP contribution in [0.1, 0.15) is 19.4 Å². The maximum atomic E-state index is 11.5. The molecule has 1 saturated heterocycles. The number of hydrogen-bond acceptors (Lipinski definition) is 4. The van der Waals surface area contributed by atoms with Gasteiger partial charge in [0.1, 0.15) is 12.2 Å². The number of ether oxygens (including phenoxy) is 3. The van der Waals surface area contributed by atoms with Crippen molar-refractivity contribution in [3.05, 3.63) is 47.5 Å². The highest BCUT2D eigenvalue weighted by Crippen LogP contribution is 2.26. The summed E-state index contributed by atoms with van der Waals surface area (Å²) in [6.45, 7) is 3.89. The summed E-state index contributed by atoms with van der Waals surface area (Å²) in [7, 11) is 0. The van der Waals surface area contributed by atoms with E-state index in [1.165, 1.54) is 0 Å². The Balaban J connectivity index is 2.12. The molecule has 0 unspecified atom stereocenters. The van der Waals surface area contributed by atoms with Crippen LogP contribution in [-0.4, -0.2) is 41.6 Å². The van der Waals surface area contributed by atoms with Crippen LogP contribution in [0.3, 0.4) is 0 Å². The highest BCUT2D eigenvalue weighted by atomic mass is 16.7. The van der Waals surface area contributed by atoms with Crippen LogP contribution in [0.15, 0.2) is 36.4 Å². The van der Waals surface area contributed by atoms with Crippen LogP contribution in [0.5, 0.6) is 0 Å². The number of carbonyl (C=O) groups is 1. The monoisotopic (exact) mass is 302 g/mol. The number of nitrogens with zero attached hydrogens (tertiary/aromatic N) is 2. The van der Waals surface area contributed by atoms with Crippen molar-refractivity contribution in [2.75, 3.05) is 6.61 Å². The first-order valence-corrected chi connectivity index (χ1v) is 6.93. The van der Waals surface area contributed by atoms with Crippen molar-refractivity contribution in [1.29, 1.82) is 0 Å². The normalized spacial score (nSPS) is 21.3. The molecule has 1 aromatic carbocycles. The topological polar surface area (TPSA) is 81.2 Å². The van der Waals surface area contributed by atoms with E-state index in [-0.39, 0.29) is 0 Å². The van der Waals surface area contributed by atoms with Crippen molar-refractivity contribution >= 4 is 18.3 Å². The molecule has 6 heteroatoms. The van der Waals surface area contributed by atoms with Gasteiger partial charge < -0.3 is 19.7 Å². The molecule has 2 atom stereocenters. The van der Waals surface area contributed by atoms with Crippen molar-refractivity contribution < 1.29 is 23.8 Å². The predicted molar refractivity (Wildman–Crippen MR) is 79.9 cm³/mol. The summed E-state index contributed by atoms with van der Waals surface area (Å²) in [5.41, 5.74) is 9.37. The molecule has 0 spiro atoms. The number of esters is 1. The number of hydrogen-bond donors (Lipinski definition) is 0. The van der Waals surface area contributed by atoms with Gasteiger partial charge in [-0.3, -0.25) is 0 Å². The Morgan fingerprint density at radius 3 is 2.77 bits per heavy atom. The molecule has 1 fully saturated rings. The quantitative estimate of drug-likeness (QED) is 0.361. The zero-order valence-corrected chi connectivity index (χ0v) is 12.5. The second-order valence-corrected chi connectivity index (χ2v) is 5.28. The van der Waals surface area contributed by atoms with Gasteiger partial charge in [-0.2, -0.15) is 4.79 Å². The van der Waals surface area contributed by atoms with Crippen molar-refractivity contribution in [2.45, 2.75) is 31.8 Å². The van der Waals surface area contributed by atoms with Gasteiger partial charge in [-0.15, -0.1) is 0 Å². The van der Waals surface area contributed by atoms with Gasteiger partial charge in [-0.25, -0.2) is 4.79 Å². The zero-order valence-electron chi connectivity index (χ0n) is 12.5.